The van der Waals surface area contributed by atoms with Gasteiger partial charge in [-0.25, -0.2) is 9.97 Å². The van der Waals surface area contributed by atoms with E-state index in [2.05, 4.69) is 28.4 Å². The Bertz CT molecular complexity index is 579. The van der Waals surface area contributed by atoms with Gasteiger partial charge in [-0.15, -0.1) is 0 Å². The summed E-state index contributed by atoms with van der Waals surface area (Å²) in [5, 5.41) is 3.48. The molecule has 0 aliphatic heterocycles. The lowest BCUT2D eigenvalue weighted by Crippen LogP contribution is -1.98. The van der Waals surface area contributed by atoms with E-state index in [1.54, 1.807) is 12.3 Å². The standard InChI is InChI=1S/C14H12ClN3/c1-3-11-7-8-13(18-14(11)10(2)15)17-12-6-4-5-9-16-12/h3-9H,1-2H2,(H,16,17,18). The summed E-state index contributed by atoms with van der Waals surface area (Å²) in [4.78, 5) is 8.55. The third-order valence-corrected chi connectivity index (χ3v) is 2.50. The molecule has 0 aliphatic rings. The number of nitrogens with zero attached hydrogens (tertiary/aromatic N) is 2. The maximum atomic E-state index is 5.91. The van der Waals surface area contributed by atoms with Crippen LogP contribution < -0.4 is 5.32 Å². The Morgan fingerprint density at radius 2 is 2.06 bits per heavy atom. The van der Waals surface area contributed by atoms with Crippen LogP contribution in [0.25, 0.3) is 11.1 Å². The third kappa shape index (κ3) is 2.76. The van der Waals surface area contributed by atoms with Crippen LogP contribution in [0.2, 0.25) is 0 Å². The fraction of sp³-hybridized carbons (Fsp3) is 0. The number of rotatable bonds is 4. The average molecular weight is 258 g/mol. The van der Waals surface area contributed by atoms with Crippen LogP contribution in [0.1, 0.15) is 11.3 Å². The molecule has 0 bridgehead atoms. The summed E-state index contributed by atoms with van der Waals surface area (Å²) in [6, 6.07) is 9.34. The second-order valence-corrected chi connectivity index (χ2v) is 4.04. The van der Waals surface area contributed by atoms with Gasteiger partial charge in [0.15, 0.2) is 0 Å². The van der Waals surface area contributed by atoms with Gasteiger partial charge in [0.1, 0.15) is 11.6 Å². The molecule has 0 saturated carbocycles. The summed E-state index contributed by atoms with van der Waals surface area (Å²) >= 11 is 5.91. The van der Waals surface area contributed by atoms with Crippen LogP contribution in [0.15, 0.2) is 49.7 Å². The molecule has 0 radical (unpaired) electrons. The molecule has 0 atom stereocenters. The minimum atomic E-state index is 0.384. The Labute approximate surface area is 111 Å². The van der Waals surface area contributed by atoms with Crippen LogP contribution >= 0.6 is 11.6 Å². The molecule has 0 aromatic carbocycles. The molecule has 18 heavy (non-hydrogen) atoms. The number of pyridine rings is 2. The Morgan fingerprint density at radius 1 is 1.22 bits per heavy atom. The van der Waals surface area contributed by atoms with Crippen LogP contribution in [-0.4, -0.2) is 9.97 Å². The summed E-state index contributed by atoms with van der Waals surface area (Å²) in [6.45, 7) is 7.41. The minimum absolute atomic E-state index is 0.384. The second kappa shape index (κ2) is 5.47. The first-order valence-electron chi connectivity index (χ1n) is 5.37. The number of hydrogen-bond donors (Lipinski definition) is 1. The molecular formula is C14H12ClN3. The zero-order chi connectivity index (χ0) is 13.0. The summed E-state index contributed by atoms with van der Waals surface area (Å²) in [5.74, 6) is 1.39. The SMILES string of the molecule is C=Cc1ccc(Nc2ccccn2)nc1C(=C)Cl. The zero-order valence-corrected chi connectivity index (χ0v) is 10.5. The lowest BCUT2D eigenvalue weighted by atomic mass is 10.2. The molecule has 2 aromatic rings. The van der Waals surface area contributed by atoms with Crippen LogP contribution in [0.3, 0.4) is 0 Å². The monoisotopic (exact) mass is 257 g/mol. The van der Waals surface area contributed by atoms with Crippen molar-refractivity contribution in [2.75, 3.05) is 5.32 Å². The molecule has 0 fully saturated rings. The molecule has 90 valence electrons. The Kier molecular flexibility index (Phi) is 3.75. The molecule has 0 unspecified atom stereocenters. The third-order valence-electron chi connectivity index (χ3n) is 2.32. The number of nitrogens with one attached hydrogen (secondary N) is 1. The first-order chi connectivity index (χ1) is 8.70. The largest absolute Gasteiger partial charge is 0.325 e. The molecule has 3 nitrogen and oxygen atoms in total. The van der Waals surface area contributed by atoms with Crippen LogP contribution in [0, 0.1) is 0 Å². The van der Waals surface area contributed by atoms with E-state index in [4.69, 9.17) is 11.6 Å². The highest BCUT2D eigenvalue weighted by Gasteiger charge is 2.06. The quantitative estimate of drug-likeness (QED) is 0.897. The van der Waals surface area contributed by atoms with Crippen molar-refractivity contribution in [2.24, 2.45) is 0 Å². The molecule has 2 aromatic heterocycles. The van der Waals surface area contributed by atoms with Gasteiger partial charge in [-0.3, -0.25) is 0 Å². The number of anilines is 2. The lowest BCUT2D eigenvalue weighted by Gasteiger charge is -2.08. The van der Waals surface area contributed by atoms with Gasteiger partial charge in [-0.1, -0.05) is 36.9 Å². The average Bonchev–Trinajstić information content (AvgIpc) is 2.40. The van der Waals surface area contributed by atoms with Crippen molar-refractivity contribution in [3.8, 4) is 0 Å². The molecule has 0 saturated heterocycles. The number of aromatic nitrogens is 2. The molecule has 2 heterocycles. The van der Waals surface area contributed by atoms with Crippen molar-refractivity contribution in [3.05, 3.63) is 60.9 Å². The maximum Gasteiger partial charge on any atom is 0.132 e. The van der Waals surface area contributed by atoms with Gasteiger partial charge in [-0.2, -0.15) is 0 Å². The minimum Gasteiger partial charge on any atom is -0.325 e. The van der Waals surface area contributed by atoms with E-state index in [-0.39, 0.29) is 0 Å². The van der Waals surface area contributed by atoms with E-state index >= 15 is 0 Å². The molecular weight excluding hydrogens is 246 g/mol. The predicted molar refractivity (Wildman–Crippen MR) is 76.7 cm³/mol. The highest BCUT2D eigenvalue weighted by Crippen LogP contribution is 2.23. The summed E-state index contributed by atoms with van der Waals surface area (Å²) in [6.07, 6.45) is 3.41. The van der Waals surface area contributed by atoms with E-state index in [1.807, 2.05) is 30.3 Å². The molecule has 1 N–H and O–H groups in total. The van der Waals surface area contributed by atoms with Crippen LogP contribution in [0.4, 0.5) is 11.6 Å². The summed E-state index contributed by atoms with van der Waals surface area (Å²) in [5.41, 5.74) is 1.47. The topological polar surface area (TPSA) is 37.8 Å². The fourth-order valence-electron chi connectivity index (χ4n) is 1.49. The first-order valence-corrected chi connectivity index (χ1v) is 5.75. The second-order valence-electron chi connectivity index (χ2n) is 3.58. The first kappa shape index (κ1) is 12.3. The van der Waals surface area contributed by atoms with Crippen LogP contribution in [-0.2, 0) is 0 Å². The van der Waals surface area contributed by atoms with Crippen molar-refractivity contribution < 1.29 is 0 Å². The van der Waals surface area contributed by atoms with Gasteiger partial charge >= 0.3 is 0 Å². The normalized spacial score (nSPS) is 9.83. The van der Waals surface area contributed by atoms with Gasteiger partial charge in [0.05, 0.1) is 10.7 Å². The number of halogens is 1. The van der Waals surface area contributed by atoms with Gasteiger partial charge < -0.3 is 5.32 Å². The highest BCUT2D eigenvalue weighted by atomic mass is 35.5. The van der Waals surface area contributed by atoms with E-state index in [9.17, 15) is 0 Å². The van der Waals surface area contributed by atoms with E-state index in [0.29, 0.717) is 16.5 Å². The van der Waals surface area contributed by atoms with Gasteiger partial charge in [0.2, 0.25) is 0 Å². The zero-order valence-electron chi connectivity index (χ0n) is 9.73. The Hall–Kier alpha value is -2.13. The summed E-state index contributed by atoms with van der Waals surface area (Å²) < 4.78 is 0. The fourth-order valence-corrected chi connectivity index (χ4v) is 1.64. The van der Waals surface area contributed by atoms with E-state index in [1.165, 1.54) is 0 Å². The smallest absolute Gasteiger partial charge is 0.132 e. The summed E-state index contributed by atoms with van der Waals surface area (Å²) in [7, 11) is 0. The highest BCUT2D eigenvalue weighted by molar-refractivity contribution is 6.48. The van der Waals surface area contributed by atoms with Crippen molar-refractivity contribution in [2.45, 2.75) is 0 Å². The predicted octanol–water partition coefficient (Wildman–Crippen LogP) is 4.07. The maximum absolute atomic E-state index is 5.91. The van der Waals surface area contributed by atoms with Gasteiger partial charge in [-0.05, 0) is 24.3 Å². The van der Waals surface area contributed by atoms with Crippen molar-refractivity contribution in [3.63, 3.8) is 0 Å². The van der Waals surface area contributed by atoms with E-state index in [0.717, 1.165) is 11.4 Å². The Morgan fingerprint density at radius 3 is 2.67 bits per heavy atom. The molecule has 2 rings (SSSR count). The molecule has 0 spiro atoms. The number of hydrogen-bond acceptors (Lipinski definition) is 3. The van der Waals surface area contributed by atoms with E-state index < -0.39 is 0 Å². The lowest BCUT2D eigenvalue weighted by molar-refractivity contribution is 1.23. The molecule has 4 heteroatoms. The van der Waals surface area contributed by atoms with Crippen molar-refractivity contribution >= 4 is 34.3 Å². The molecule has 0 amide bonds. The Balaban J connectivity index is 2.33. The van der Waals surface area contributed by atoms with Crippen molar-refractivity contribution in [1.82, 2.24) is 9.97 Å². The van der Waals surface area contributed by atoms with Crippen molar-refractivity contribution in [1.29, 1.82) is 0 Å². The van der Waals surface area contributed by atoms with Gasteiger partial charge in [0, 0.05) is 11.8 Å². The van der Waals surface area contributed by atoms with Gasteiger partial charge in [0.25, 0.3) is 0 Å². The molecule has 0 aliphatic carbocycles. The van der Waals surface area contributed by atoms with Crippen LogP contribution in [0.5, 0.6) is 0 Å².